The summed E-state index contributed by atoms with van der Waals surface area (Å²) in [6, 6.07) is 20.1. The Bertz CT molecular complexity index is 1180. The Balaban J connectivity index is 1.51. The molecule has 0 unspecified atom stereocenters. The van der Waals surface area contributed by atoms with Crippen molar-refractivity contribution in [2.75, 3.05) is 11.4 Å². The highest BCUT2D eigenvalue weighted by Crippen LogP contribution is 2.38. The van der Waals surface area contributed by atoms with E-state index in [1.54, 1.807) is 0 Å². The van der Waals surface area contributed by atoms with Gasteiger partial charge in [0.05, 0.1) is 11.3 Å². The molecule has 0 bridgehead atoms. The van der Waals surface area contributed by atoms with E-state index in [1.165, 1.54) is 32.9 Å². The van der Waals surface area contributed by atoms with Gasteiger partial charge in [0, 0.05) is 18.0 Å². The minimum Gasteiger partial charge on any atom is -0.362 e. The van der Waals surface area contributed by atoms with Crippen LogP contribution < -0.4 is 4.90 Å². The summed E-state index contributed by atoms with van der Waals surface area (Å²) in [7, 11) is 0. The van der Waals surface area contributed by atoms with E-state index in [2.05, 4.69) is 30.0 Å². The van der Waals surface area contributed by atoms with Gasteiger partial charge in [0.15, 0.2) is 0 Å². The summed E-state index contributed by atoms with van der Waals surface area (Å²) in [6.07, 6.45) is 4.15. The molecule has 4 nitrogen and oxygen atoms in total. The van der Waals surface area contributed by atoms with Gasteiger partial charge in [0.1, 0.15) is 5.70 Å². The first-order valence-electron chi connectivity index (χ1n) is 11.2. The van der Waals surface area contributed by atoms with Crippen molar-refractivity contribution in [3.8, 4) is 0 Å². The van der Waals surface area contributed by atoms with Crippen LogP contribution in [0.4, 0.5) is 5.69 Å². The van der Waals surface area contributed by atoms with Crippen molar-refractivity contribution in [1.82, 2.24) is 4.90 Å². The average Bonchev–Trinajstić information content (AvgIpc) is 3.44. The SMILES string of the molecule is CCCCc1ccc(N2C(=O)C(c3cccs3)=C(N3CCc4ccccc4C3)C2=O)cc1. The molecule has 0 aliphatic carbocycles. The Morgan fingerprint density at radius 3 is 2.41 bits per heavy atom. The molecule has 2 aliphatic heterocycles. The molecule has 0 saturated carbocycles. The maximum Gasteiger partial charge on any atom is 0.282 e. The predicted octanol–water partition coefficient (Wildman–Crippen LogP) is 5.43. The Morgan fingerprint density at radius 1 is 0.906 bits per heavy atom. The smallest absolute Gasteiger partial charge is 0.282 e. The molecule has 0 spiro atoms. The lowest BCUT2D eigenvalue weighted by Crippen LogP contribution is -2.37. The minimum absolute atomic E-state index is 0.223. The second kappa shape index (κ2) is 8.75. The van der Waals surface area contributed by atoms with Crippen LogP contribution in [0.25, 0.3) is 5.57 Å². The number of carbonyl (C=O) groups is 2. The lowest BCUT2D eigenvalue weighted by Gasteiger charge is -2.31. The number of rotatable bonds is 6. The van der Waals surface area contributed by atoms with E-state index in [9.17, 15) is 9.59 Å². The number of fused-ring (bicyclic) bond motifs is 1. The van der Waals surface area contributed by atoms with Crippen molar-refractivity contribution in [3.05, 3.63) is 93.3 Å². The highest BCUT2D eigenvalue weighted by Gasteiger charge is 2.43. The van der Waals surface area contributed by atoms with Crippen LogP contribution in [0.3, 0.4) is 0 Å². The number of anilines is 1. The third-order valence-corrected chi connectivity index (χ3v) is 7.17. The summed E-state index contributed by atoms with van der Waals surface area (Å²) in [5, 5.41) is 1.95. The van der Waals surface area contributed by atoms with Gasteiger partial charge in [-0.3, -0.25) is 9.59 Å². The molecular weight excluding hydrogens is 416 g/mol. The van der Waals surface area contributed by atoms with Gasteiger partial charge in [0.2, 0.25) is 0 Å². The molecule has 3 aromatic rings. The van der Waals surface area contributed by atoms with Crippen molar-refractivity contribution >= 4 is 34.4 Å². The van der Waals surface area contributed by atoms with Crippen molar-refractivity contribution in [2.24, 2.45) is 0 Å². The maximum absolute atomic E-state index is 13.7. The fourth-order valence-corrected chi connectivity index (χ4v) is 5.33. The minimum atomic E-state index is -0.229. The van der Waals surface area contributed by atoms with Crippen LogP contribution >= 0.6 is 11.3 Å². The molecule has 3 heterocycles. The van der Waals surface area contributed by atoms with Crippen molar-refractivity contribution in [3.63, 3.8) is 0 Å². The van der Waals surface area contributed by atoms with Gasteiger partial charge in [-0.25, -0.2) is 4.90 Å². The zero-order chi connectivity index (χ0) is 22.1. The number of aryl methyl sites for hydroxylation is 1. The first-order valence-corrected chi connectivity index (χ1v) is 12.1. The summed E-state index contributed by atoms with van der Waals surface area (Å²) >= 11 is 1.50. The second-order valence-corrected chi connectivity index (χ2v) is 9.30. The lowest BCUT2D eigenvalue weighted by molar-refractivity contribution is -0.120. The summed E-state index contributed by atoms with van der Waals surface area (Å²) in [5.74, 6) is -0.452. The normalized spacial score (nSPS) is 16.2. The van der Waals surface area contributed by atoms with Gasteiger partial charge in [-0.2, -0.15) is 0 Å². The van der Waals surface area contributed by atoms with Gasteiger partial charge in [-0.15, -0.1) is 11.3 Å². The number of benzene rings is 2. The van der Waals surface area contributed by atoms with E-state index in [0.717, 1.165) is 37.1 Å². The van der Waals surface area contributed by atoms with E-state index in [0.29, 0.717) is 23.5 Å². The van der Waals surface area contributed by atoms with Crippen molar-refractivity contribution < 1.29 is 9.59 Å². The highest BCUT2D eigenvalue weighted by atomic mass is 32.1. The van der Waals surface area contributed by atoms with Crippen LogP contribution in [0.1, 0.15) is 41.3 Å². The standard InChI is InChI=1S/C27H26N2O2S/c1-2-3-7-19-11-13-22(14-12-19)29-26(30)24(23-10-6-17-32-23)25(27(29)31)28-16-15-20-8-4-5-9-21(20)18-28/h4-6,8-14,17H,2-3,7,15-16,18H2,1H3. The quantitative estimate of drug-likeness (QED) is 0.478. The van der Waals surface area contributed by atoms with Crippen LogP contribution in [0.2, 0.25) is 0 Å². The number of unbranched alkanes of at least 4 members (excludes halogenated alkanes) is 1. The fourth-order valence-electron chi connectivity index (χ4n) is 4.57. The van der Waals surface area contributed by atoms with Gasteiger partial charge in [0.25, 0.3) is 11.8 Å². The molecule has 162 valence electrons. The van der Waals surface area contributed by atoms with Crippen LogP contribution in [0.5, 0.6) is 0 Å². The van der Waals surface area contributed by atoms with E-state index >= 15 is 0 Å². The van der Waals surface area contributed by atoms with Gasteiger partial charge < -0.3 is 4.90 Å². The number of hydrogen-bond donors (Lipinski definition) is 0. The molecule has 0 N–H and O–H groups in total. The van der Waals surface area contributed by atoms with Gasteiger partial charge in [-0.1, -0.05) is 55.8 Å². The zero-order valence-corrected chi connectivity index (χ0v) is 19.0. The molecule has 0 atom stereocenters. The van der Waals surface area contributed by atoms with E-state index < -0.39 is 0 Å². The van der Waals surface area contributed by atoms with E-state index in [1.807, 2.05) is 47.8 Å². The summed E-state index contributed by atoms with van der Waals surface area (Å²) in [5.41, 5.74) is 5.46. The van der Waals surface area contributed by atoms with E-state index in [-0.39, 0.29) is 11.8 Å². The van der Waals surface area contributed by atoms with Crippen LogP contribution in [0, 0.1) is 0 Å². The number of hydrogen-bond acceptors (Lipinski definition) is 4. The molecule has 1 aromatic heterocycles. The molecule has 0 radical (unpaired) electrons. The number of nitrogens with zero attached hydrogens (tertiary/aromatic N) is 2. The van der Waals surface area contributed by atoms with Crippen LogP contribution in [0.15, 0.2) is 71.7 Å². The van der Waals surface area contributed by atoms with Crippen LogP contribution in [-0.4, -0.2) is 23.3 Å². The number of amides is 2. The Morgan fingerprint density at radius 2 is 1.69 bits per heavy atom. The van der Waals surface area contributed by atoms with Gasteiger partial charge in [-0.05, 0) is 59.5 Å². The van der Waals surface area contributed by atoms with Gasteiger partial charge >= 0.3 is 0 Å². The summed E-state index contributed by atoms with van der Waals surface area (Å²) in [6.45, 7) is 3.54. The fraction of sp³-hybridized carbons (Fsp3) is 0.259. The molecule has 2 amide bonds. The Labute approximate surface area is 192 Å². The maximum atomic E-state index is 13.7. The number of imide groups is 1. The molecule has 0 saturated heterocycles. The Hall–Kier alpha value is -3.18. The largest absolute Gasteiger partial charge is 0.362 e. The molecule has 5 rings (SSSR count). The number of carbonyl (C=O) groups excluding carboxylic acids is 2. The monoisotopic (exact) mass is 442 g/mol. The average molecular weight is 443 g/mol. The Kier molecular flexibility index (Phi) is 5.66. The first-order chi connectivity index (χ1) is 15.7. The third kappa shape index (κ3) is 3.67. The molecule has 2 aliphatic rings. The van der Waals surface area contributed by atoms with Crippen molar-refractivity contribution in [1.29, 1.82) is 0 Å². The van der Waals surface area contributed by atoms with Crippen molar-refractivity contribution in [2.45, 2.75) is 39.2 Å². The highest BCUT2D eigenvalue weighted by molar-refractivity contribution is 7.11. The summed E-state index contributed by atoms with van der Waals surface area (Å²) < 4.78 is 0. The lowest BCUT2D eigenvalue weighted by atomic mass is 9.99. The molecule has 32 heavy (non-hydrogen) atoms. The molecule has 5 heteroatoms. The topological polar surface area (TPSA) is 40.6 Å². The second-order valence-electron chi connectivity index (χ2n) is 8.36. The van der Waals surface area contributed by atoms with Crippen LogP contribution in [-0.2, 0) is 29.0 Å². The third-order valence-electron chi connectivity index (χ3n) is 6.29. The zero-order valence-electron chi connectivity index (χ0n) is 18.2. The molecule has 0 fully saturated rings. The van der Waals surface area contributed by atoms with E-state index in [4.69, 9.17) is 0 Å². The molecular formula is C27H26N2O2S. The first kappa shape index (κ1) is 20.7. The summed E-state index contributed by atoms with van der Waals surface area (Å²) in [4.78, 5) is 31.6. The molecule has 2 aromatic carbocycles. The number of thiophene rings is 1. The predicted molar refractivity (Wildman–Crippen MR) is 129 cm³/mol.